The van der Waals surface area contributed by atoms with Gasteiger partial charge in [-0.05, 0) is 31.1 Å². The number of allylic oxidation sites excluding steroid dienone is 1. The fourth-order valence-electron chi connectivity index (χ4n) is 1.42. The molecule has 1 atom stereocenters. The van der Waals surface area contributed by atoms with E-state index in [0.717, 1.165) is 16.8 Å². The second-order valence-corrected chi connectivity index (χ2v) is 3.62. The van der Waals surface area contributed by atoms with Crippen LogP contribution in [0.25, 0.3) is 0 Å². The standard InChI is InChI=1S/C9H17N3/c1-5-4-8(10)6(2)7(3)9(5,11)12/h4,7H,10-12H2,1-3H3. The van der Waals surface area contributed by atoms with E-state index in [9.17, 15) is 0 Å². The molecule has 1 unspecified atom stereocenters. The van der Waals surface area contributed by atoms with Crippen molar-refractivity contribution >= 4 is 0 Å². The lowest BCUT2D eigenvalue weighted by Crippen LogP contribution is -2.57. The zero-order valence-corrected chi connectivity index (χ0v) is 7.89. The first-order valence-corrected chi connectivity index (χ1v) is 4.10. The molecule has 12 heavy (non-hydrogen) atoms. The molecule has 3 heteroatoms. The van der Waals surface area contributed by atoms with Gasteiger partial charge >= 0.3 is 0 Å². The summed E-state index contributed by atoms with van der Waals surface area (Å²) in [6.07, 6.45) is 1.86. The van der Waals surface area contributed by atoms with E-state index in [4.69, 9.17) is 17.2 Å². The number of nitrogens with two attached hydrogens (primary N) is 3. The number of hydrogen-bond donors (Lipinski definition) is 3. The van der Waals surface area contributed by atoms with Crippen molar-refractivity contribution in [3.8, 4) is 0 Å². The Balaban J connectivity index is 3.16. The average molecular weight is 167 g/mol. The summed E-state index contributed by atoms with van der Waals surface area (Å²) in [6, 6.07) is 0. The minimum atomic E-state index is -0.729. The molecule has 6 N–H and O–H groups in total. The molecule has 3 nitrogen and oxygen atoms in total. The molecule has 0 saturated carbocycles. The Hall–Kier alpha value is -0.800. The Kier molecular flexibility index (Phi) is 2.02. The molecule has 0 aliphatic heterocycles. The first-order chi connectivity index (χ1) is 5.37. The van der Waals surface area contributed by atoms with E-state index in [1.54, 1.807) is 0 Å². The van der Waals surface area contributed by atoms with Gasteiger partial charge < -0.3 is 17.2 Å². The minimum Gasteiger partial charge on any atom is -0.399 e. The number of hydrogen-bond acceptors (Lipinski definition) is 3. The van der Waals surface area contributed by atoms with Gasteiger partial charge in [0.2, 0.25) is 0 Å². The lowest BCUT2D eigenvalue weighted by Gasteiger charge is -2.36. The molecule has 0 saturated heterocycles. The van der Waals surface area contributed by atoms with Gasteiger partial charge in [-0.2, -0.15) is 0 Å². The highest BCUT2D eigenvalue weighted by Crippen LogP contribution is 2.30. The molecule has 0 amide bonds. The summed E-state index contributed by atoms with van der Waals surface area (Å²) in [7, 11) is 0. The first kappa shape index (κ1) is 9.29. The van der Waals surface area contributed by atoms with Crippen LogP contribution in [0.4, 0.5) is 0 Å². The molecule has 68 valence electrons. The quantitative estimate of drug-likeness (QED) is 0.458. The maximum Gasteiger partial charge on any atom is 0.0924 e. The van der Waals surface area contributed by atoms with Gasteiger partial charge in [0.05, 0.1) is 5.66 Å². The van der Waals surface area contributed by atoms with Crippen LogP contribution in [0.1, 0.15) is 20.8 Å². The summed E-state index contributed by atoms with van der Waals surface area (Å²) in [6.45, 7) is 5.88. The van der Waals surface area contributed by atoms with Crippen molar-refractivity contribution in [2.75, 3.05) is 0 Å². The Bertz CT molecular complexity index is 261. The summed E-state index contributed by atoms with van der Waals surface area (Å²) >= 11 is 0. The van der Waals surface area contributed by atoms with E-state index in [-0.39, 0.29) is 5.92 Å². The van der Waals surface area contributed by atoms with Crippen molar-refractivity contribution in [2.45, 2.75) is 26.4 Å². The van der Waals surface area contributed by atoms with Crippen molar-refractivity contribution in [3.63, 3.8) is 0 Å². The highest BCUT2D eigenvalue weighted by atomic mass is 15.0. The van der Waals surface area contributed by atoms with Crippen LogP contribution >= 0.6 is 0 Å². The van der Waals surface area contributed by atoms with Crippen molar-refractivity contribution in [1.82, 2.24) is 0 Å². The third-order valence-electron chi connectivity index (χ3n) is 2.88. The Morgan fingerprint density at radius 2 is 1.83 bits per heavy atom. The van der Waals surface area contributed by atoms with Crippen LogP contribution in [0, 0.1) is 5.92 Å². The largest absolute Gasteiger partial charge is 0.399 e. The molecule has 0 spiro atoms. The van der Waals surface area contributed by atoms with Crippen molar-refractivity contribution in [2.24, 2.45) is 23.1 Å². The Morgan fingerprint density at radius 1 is 1.33 bits per heavy atom. The Labute approximate surface area is 73.3 Å². The normalized spacial score (nSPS) is 28.8. The summed E-state index contributed by atoms with van der Waals surface area (Å²) in [4.78, 5) is 0. The van der Waals surface area contributed by atoms with Gasteiger partial charge in [0.25, 0.3) is 0 Å². The topological polar surface area (TPSA) is 78.1 Å². The zero-order valence-electron chi connectivity index (χ0n) is 7.89. The lowest BCUT2D eigenvalue weighted by molar-refractivity contribution is 0.385. The van der Waals surface area contributed by atoms with Crippen LogP contribution in [0.3, 0.4) is 0 Å². The van der Waals surface area contributed by atoms with Gasteiger partial charge in [0.15, 0.2) is 0 Å². The molecule has 1 aliphatic rings. The third kappa shape index (κ3) is 1.15. The fourth-order valence-corrected chi connectivity index (χ4v) is 1.42. The first-order valence-electron chi connectivity index (χ1n) is 4.10. The van der Waals surface area contributed by atoms with E-state index in [1.807, 2.05) is 26.8 Å². The second kappa shape index (κ2) is 2.61. The maximum atomic E-state index is 5.94. The lowest BCUT2D eigenvalue weighted by atomic mass is 9.79. The van der Waals surface area contributed by atoms with Crippen LogP contribution in [0.2, 0.25) is 0 Å². The Morgan fingerprint density at radius 3 is 2.33 bits per heavy atom. The van der Waals surface area contributed by atoms with Crippen molar-refractivity contribution in [3.05, 3.63) is 22.9 Å². The maximum absolute atomic E-state index is 5.94. The summed E-state index contributed by atoms with van der Waals surface area (Å²) in [5.41, 5.74) is 19.7. The van der Waals surface area contributed by atoms with Crippen LogP contribution in [0.15, 0.2) is 22.9 Å². The highest BCUT2D eigenvalue weighted by molar-refractivity contribution is 5.38. The minimum absolute atomic E-state index is 0.113. The van der Waals surface area contributed by atoms with Gasteiger partial charge in [0, 0.05) is 11.6 Å². The zero-order chi connectivity index (χ0) is 9.52. The van der Waals surface area contributed by atoms with Crippen LogP contribution in [-0.2, 0) is 0 Å². The van der Waals surface area contributed by atoms with Crippen molar-refractivity contribution < 1.29 is 0 Å². The predicted molar refractivity (Wildman–Crippen MR) is 50.9 cm³/mol. The molecular formula is C9H17N3. The molecule has 0 heterocycles. The van der Waals surface area contributed by atoms with Gasteiger partial charge in [-0.25, -0.2) is 0 Å². The van der Waals surface area contributed by atoms with Crippen LogP contribution in [0.5, 0.6) is 0 Å². The summed E-state index contributed by atoms with van der Waals surface area (Å²) < 4.78 is 0. The summed E-state index contributed by atoms with van der Waals surface area (Å²) in [5.74, 6) is 0.113. The third-order valence-corrected chi connectivity index (χ3v) is 2.88. The molecule has 1 aliphatic carbocycles. The van der Waals surface area contributed by atoms with Crippen molar-refractivity contribution in [1.29, 1.82) is 0 Å². The van der Waals surface area contributed by atoms with E-state index in [1.165, 1.54) is 0 Å². The molecular weight excluding hydrogens is 150 g/mol. The van der Waals surface area contributed by atoms with E-state index in [0.29, 0.717) is 0 Å². The second-order valence-electron chi connectivity index (χ2n) is 3.62. The molecule has 0 radical (unpaired) electrons. The van der Waals surface area contributed by atoms with Gasteiger partial charge in [-0.15, -0.1) is 0 Å². The van der Waals surface area contributed by atoms with E-state index < -0.39 is 5.66 Å². The monoisotopic (exact) mass is 167 g/mol. The highest BCUT2D eigenvalue weighted by Gasteiger charge is 2.33. The smallest absolute Gasteiger partial charge is 0.0924 e. The molecule has 0 bridgehead atoms. The van der Waals surface area contributed by atoms with E-state index >= 15 is 0 Å². The fraction of sp³-hybridized carbons (Fsp3) is 0.556. The van der Waals surface area contributed by atoms with Crippen LogP contribution < -0.4 is 17.2 Å². The van der Waals surface area contributed by atoms with Gasteiger partial charge in [-0.3, -0.25) is 0 Å². The molecule has 0 aromatic carbocycles. The molecule has 0 fully saturated rings. The molecule has 0 aromatic heterocycles. The predicted octanol–water partition coefficient (Wildman–Crippen LogP) is 0.429. The summed E-state index contributed by atoms with van der Waals surface area (Å²) in [5, 5.41) is 0. The average Bonchev–Trinajstić information content (AvgIpc) is 1.99. The van der Waals surface area contributed by atoms with Gasteiger partial charge in [0.1, 0.15) is 0 Å². The van der Waals surface area contributed by atoms with Gasteiger partial charge in [-0.1, -0.05) is 6.92 Å². The van der Waals surface area contributed by atoms with Crippen LogP contribution in [-0.4, -0.2) is 5.66 Å². The molecule has 0 aromatic rings. The SMILES string of the molecule is CC1=CC(N)=C(C)C(C)C1(N)N. The van der Waals surface area contributed by atoms with E-state index in [2.05, 4.69) is 0 Å². The molecule has 1 rings (SSSR count). The number of rotatable bonds is 0.